The number of halogens is 2. The van der Waals surface area contributed by atoms with Gasteiger partial charge in [0.15, 0.2) is 5.69 Å². The molecule has 2 heterocycles. The molecule has 0 radical (unpaired) electrons. The second-order valence-electron chi connectivity index (χ2n) is 9.09. The van der Waals surface area contributed by atoms with E-state index in [0.29, 0.717) is 41.8 Å². The van der Waals surface area contributed by atoms with Crippen LogP contribution in [-0.4, -0.2) is 47.4 Å². The third-order valence-corrected chi connectivity index (χ3v) is 9.15. The average molecular weight is 635 g/mol. The predicted molar refractivity (Wildman–Crippen MR) is 158 cm³/mol. The van der Waals surface area contributed by atoms with Gasteiger partial charge in [-0.1, -0.05) is 55.5 Å². The number of sulfonamides is 1. The molecule has 0 atom stereocenters. The van der Waals surface area contributed by atoms with Gasteiger partial charge in [0.2, 0.25) is 0 Å². The molecule has 14 heteroatoms. The summed E-state index contributed by atoms with van der Waals surface area (Å²) < 4.78 is 55.9. The lowest BCUT2D eigenvalue weighted by Gasteiger charge is -2.14. The van der Waals surface area contributed by atoms with E-state index in [2.05, 4.69) is 15.0 Å². The van der Waals surface area contributed by atoms with Crippen molar-refractivity contribution in [3.05, 3.63) is 88.0 Å². The van der Waals surface area contributed by atoms with Crippen molar-refractivity contribution in [3.63, 3.8) is 0 Å². The van der Waals surface area contributed by atoms with Gasteiger partial charge in [0.05, 0.1) is 4.90 Å². The molecule has 0 fully saturated rings. The molecule has 2 amide bonds. The Kier molecular flexibility index (Phi) is 10.4. The molecule has 0 saturated carbocycles. The van der Waals surface area contributed by atoms with Crippen LogP contribution >= 0.6 is 23.1 Å². The van der Waals surface area contributed by atoms with Crippen LogP contribution in [0.2, 0.25) is 0 Å². The summed E-state index contributed by atoms with van der Waals surface area (Å²) in [7, 11) is -4.22. The number of thioether (sulfide) groups is 1. The average Bonchev–Trinajstić information content (AvgIpc) is 3.57. The zero-order valence-electron chi connectivity index (χ0n) is 22.4. The fourth-order valence-corrected chi connectivity index (χ4v) is 6.82. The number of carbonyl (C=O) groups is 2. The number of carboxylic acids is 1. The quantitative estimate of drug-likeness (QED) is 0.157. The number of hydrogen-bond donors (Lipinski definition) is 3. The Labute approximate surface area is 250 Å². The van der Waals surface area contributed by atoms with Gasteiger partial charge in [0.1, 0.15) is 10.9 Å². The second-order valence-corrected chi connectivity index (χ2v) is 12.7. The Hall–Kier alpha value is -3.75. The highest BCUT2D eigenvalue weighted by Crippen LogP contribution is 2.31. The molecule has 0 saturated heterocycles. The number of aromatic nitrogens is 2. The molecule has 0 unspecified atom stereocenters. The zero-order chi connectivity index (χ0) is 30.3. The first-order valence-electron chi connectivity index (χ1n) is 12.9. The van der Waals surface area contributed by atoms with Crippen molar-refractivity contribution in [2.75, 3.05) is 6.54 Å². The molecule has 2 aromatic heterocycles. The van der Waals surface area contributed by atoms with Crippen molar-refractivity contribution in [2.24, 2.45) is 0 Å². The summed E-state index contributed by atoms with van der Waals surface area (Å²) in [6.45, 7) is 2.22. The summed E-state index contributed by atoms with van der Waals surface area (Å²) in [4.78, 5) is 29.5. The number of benzene rings is 2. The van der Waals surface area contributed by atoms with Gasteiger partial charge in [-0.05, 0) is 53.2 Å². The highest BCUT2D eigenvalue weighted by molar-refractivity contribution is 7.99. The van der Waals surface area contributed by atoms with Crippen molar-refractivity contribution in [1.29, 1.82) is 0 Å². The van der Waals surface area contributed by atoms with Crippen LogP contribution in [0, 0.1) is 0 Å². The first-order valence-corrected chi connectivity index (χ1v) is 16.1. The molecule has 0 aliphatic carbocycles. The van der Waals surface area contributed by atoms with E-state index in [9.17, 15) is 31.9 Å². The summed E-state index contributed by atoms with van der Waals surface area (Å²) in [5.74, 6) is -3.78. The van der Waals surface area contributed by atoms with Crippen LogP contribution in [0.5, 0.6) is 0 Å². The van der Waals surface area contributed by atoms with Gasteiger partial charge in [-0.3, -0.25) is 0 Å². The number of nitrogens with zero attached hydrogens (tertiary/aromatic N) is 2. The van der Waals surface area contributed by atoms with Crippen molar-refractivity contribution in [2.45, 2.75) is 48.4 Å². The fraction of sp³-hybridized carbons (Fsp3) is 0.250. The number of rotatable bonds is 13. The first kappa shape index (κ1) is 31.2. The standard InChI is InChI=1S/C28H28F2N4O5S3/c1-2-6-23-32-25(41-27(29)30)24(26(35)36)34(23)17-18-10-12-19(13-11-18)21-8-3-4-9-22(21)42(38,39)33-28(37)31-15-14-20-7-5-16-40-20/h3-5,7-13,16,27H,2,6,14-15,17H2,1H3,(H,35,36)(H2,31,33,37). The first-order chi connectivity index (χ1) is 20.1. The van der Waals surface area contributed by atoms with E-state index < -0.39 is 27.8 Å². The van der Waals surface area contributed by atoms with Crippen LogP contribution in [0.25, 0.3) is 11.1 Å². The number of imidazole rings is 1. The summed E-state index contributed by atoms with van der Waals surface area (Å²) in [5.41, 5.74) is 1.26. The van der Waals surface area contributed by atoms with Crippen LogP contribution in [0.15, 0.2) is 76.0 Å². The summed E-state index contributed by atoms with van der Waals surface area (Å²) in [5, 5.41) is 14.0. The Morgan fingerprint density at radius 1 is 1.07 bits per heavy atom. The molecule has 0 spiro atoms. The SMILES string of the molecule is CCCc1nc(SC(F)F)c(C(=O)O)n1Cc1ccc(-c2ccccc2S(=O)(=O)NC(=O)NCCc2cccs2)cc1. The lowest BCUT2D eigenvalue weighted by molar-refractivity contribution is 0.0681. The fourth-order valence-electron chi connectivity index (χ4n) is 4.31. The smallest absolute Gasteiger partial charge is 0.355 e. The number of aromatic carboxylic acids is 1. The Bertz CT molecular complexity index is 1640. The molecule has 3 N–H and O–H groups in total. The van der Waals surface area contributed by atoms with Gasteiger partial charge in [0.25, 0.3) is 15.8 Å². The molecular weight excluding hydrogens is 607 g/mol. The van der Waals surface area contributed by atoms with Crippen LogP contribution in [0.4, 0.5) is 13.6 Å². The van der Waals surface area contributed by atoms with Crippen molar-refractivity contribution in [1.82, 2.24) is 19.6 Å². The Morgan fingerprint density at radius 3 is 2.45 bits per heavy atom. The minimum Gasteiger partial charge on any atom is -0.476 e. The number of aryl methyl sites for hydroxylation is 1. The van der Waals surface area contributed by atoms with E-state index in [1.807, 2.05) is 24.4 Å². The Morgan fingerprint density at radius 2 is 1.81 bits per heavy atom. The van der Waals surface area contributed by atoms with Gasteiger partial charge < -0.3 is 15.0 Å². The minimum absolute atomic E-state index is 0.0706. The summed E-state index contributed by atoms with van der Waals surface area (Å²) in [6.07, 6.45) is 1.62. The van der Waals surface area contributed by atoms with E-state index >= 15 is 0 Å². The van der Waals surface area contributed by atoms with Crippen molar-refractivity contribution in [3.8, 4) is 11.1 Å². The van der Waals surface area contributed by atoms with Gasteiger partial charge in [0, 0.05) is 30.0 Å². The maximum Gasteiger partial charge on any atom is 0.355 e. The largest absolute Gasteiger partial charge is 0.476 e. The topological polar surface area (TPSA) is 130 Å². The molecular formula is C28H28F2N4O5S3. The third-order valence-electron chi connectivity index (χ3n) is 6.14. The second kappa shape index (κ2) is 13.9. The lowest BCUT2D eigenvalue weighted by Crippen LogP contribution is -2.40. The van der Waals surface area contributed by atoms with E-state index in [4.69, 9.17) is 0 Å². The summed E-state index contributed by atoms with van der Waals surface area (Å²) >= 11 is 1.64. The number of thiophene rings is 1. The molecule has 2 aromatic carbocycles. The van der Waals surface area contributed by atoms with Crippen molar-refractivity contribution >= 4 is 45.1 Å². The molecule has 9 nitrogen and oxygen atoms in total. The maximum atomic E-state index is 13.1. The number of amides is 2. The van der Waals surface area contributed by atoms with Gasteiger partial charge in [-0.2, -0.15) is 8.78 Å². The normalized spacial score (nSPS) is 11.5. The number of carbonyl (C=O) groups excluding carboxylic acids is 1. The Balaban J connectivity index is 1.54. The number of hydrogen-bond acceptors (Lipinski definition) is 7. The van der Waals surface area contributed by atoms with Crippen LogP contribution in [0.1, 0.15) is 40.1 Å². The van der Waals surface area contributed by atoms with E-state index in [0.717, 1.165) is 4.88 Å². The van der Waals surface area contributed by atoms with E-state index in [1.165, 1.54) is 10.6 Å². The number of alkyl halides is 2. The van der Waals surface area contributed by atoms with E-state index in [-0.39, 0.29) is 40.5 Å². The minimum atomic E-state index is -4.22. The zero-order valence-corrected chi connectivity index (χ0v) is 24.9. The number of nitrogens with one attached hydrogen (secondary N) is 2. The summed E-state index contributed by atoms with van der Waals surface area (Å²) in [6, 6.07) is 16.0. The third kappa shape index (κ3) is 7.75. The molecule has 42 heavy (non-hydrogen) atoms. The van der Waals surface area contributed by atoms with Gasteiger partial charge >= 0.3 is 12.0 Å². The van der Waals surface area contributed by atoms with E-state index in [1.54, 1.807) is 53.8 Å². The van der Waals surface area contributed by atoms with Crippen molar-refractivity contribution < 1.29 is 31.9 Å². The highest BCUT2D eigenvalue weighted by Gasteiger charge is 2.26. The lowest BCUT2D eigenvalue weighted by atomic mass is 10.0. The van der Waals surface area contributed by atoms with Gasteiger partial charge in [-0.25, -0.2) is 27.7 Å². The molecule has 4 aromatic rings. The predicted octanol–water partition coefficient (Wildman–Crippen LogP) is 5.86. The van der Waals surface area contributed by atoms with Crippen LogP contribution < -0.4 is 10.0 Å². The van der Waals surface area contributed by atoms with Crippen LogP contribution in [0.3, 0.4) is 0 Å². The molecule has 0 aliphatic heterocycles. The van der Waals surface area contributed by atoms with Crippen LogP contribution in [-0.2, 0) is 29.4 Å². The molecule has 222 valence electrons. The molecule has 0 bridgehead atoms. The molecule has 4 rings (SSSR count). The van der Waals surface area contributed by atoms with Gasteiger partial charge in [-0.15, -0.1) is 11.3 Å². The molecule has 0 aliphatic rings. The maximum absolute atomic E-state index is 13.1. The number of carboxylic acid groups (broad SMARTS) is 1. The highest BCUT2D eigenvalue weighted by atomic mass is 32.2. The monoisotopic (exact) mass is 634 g/mol. The number of urea groups is 1.